The molecule has 20 heavy (non-hydrogen) atoms. The van der Waals surface area contributed by atoms with E-state index in [1.54, 1.807) is 6.33 Å². The van der Waals surface area contributed by atoms with Crippen LogP contribution in [0, 0.1) is 0 Å². The number of nitrogens with zero attached hydrogens (tertiary/aromatic N) is 4. The van der Waals surface area contributed by atoms with Crippen LogP contribution in [-0.4, -0.2) is 26.1 Å². The number of anilines is 1. The molecule has 0 saturated heterocycles. The number of halogens is 1. The van der Waals surface area contributed by atoms with Crippen molar-refractivity contribution < 1.29 is 0 Å². The fourth-order valence-corrected chi connectivity index (χ4v) is 2.58. The highest BCUT2D eigenvalue weighted by atomic mass is 79.9. The molecule has 1 aromatic carbocycles. The number of fused-ring (bicyclic) bond motifs is 1. The number of rotatable bonds is 4. The van der Waals surface area contributed by atoms with Crippen LogP contribution < -0.4 is 5.32 Å². The van der Waals surface area contributed by atoms with Crippen molar-refractivity contribution in [3.8, 4) is 0 Å². The van der Waals surface area contributed by atoms with Crippen LogP contribution in [0.15, 0.2) is 41.4 Å². The summed E-state index contributed by atoms with van der Waals surface area (Å²) in [5.41, 5.74) is 2.82. The third kappa shape index (κ3) is 2.38. The maximum Gasteiger partial charge on any atom is 0.179 e. The van der Waals surface area contributed by atoms with E-state index in [1.807, 2.05) is 29.7 Å². The van der Waals surface area contributed by atoms with Crippen molar-refractivity contribution in [1.82, 2.24) is 19.5 Å². The average molecular weight is 332 g/mol. The van der Waals surface area contributed by atoms with Gasteiger partial charge >= 0.3 is 0 Å². The summed E-state index contributed by atoms with van der Waals surface area (Å²) in [5, 5.41) is 3.21. The zero-order valence-corrected chi connectivity index (χ0v) is 12.6. The summed E-state index contributed by atoms with van der Waals surface area (Å²) in [6.45, 7) is 3.56. The standard InChI is InChI=1S/C14H14BrN5/c1-2-16-12-11-13(18-9-17-12)20(14(15)19-11)8-10-6-4-3-5-7-10/h3-7,9H,2,8H2,1H3,(H,16,17,18). The van der Waals surface area contributed by atoms with E-state index in [4.69, 9.17) is 0 Å². The van der Waals surface area contributed by atoms with Gasteiger partial charge < -0.3 is 5.32 Å². The monoisotopic (exact) mass is 331 g/mol. The van der Waals surface area contributed by atoms with Gasteiger partial charge in [0.25, 0.3) is 0 Å². The smallest absolute Gasteiger partial charge is 0.179 e. The van der Waals surface area contributed by atoms with Gasteiger partial charge in [0.05, 0.1) is 6.54 Å². The first-order chi connectivity index (χ1) is 9.79. The summed E-state index contributed by atoms with van der Waals surface area (Å²) in [6.07, 6.45) is 1.57. The number of hydrogen-bond donors (Lipinski definition) is 1. The maximum atomic E-state index is 4.52. The van der Waals surface area contributed by atoms with Crippen molar-refractivity contribution >= 4 is 32.9 Å². The lowest BCUT2D eigenvalue weighted by Crippen LogP contribution is -2.03. The summed E-state index contributed by atoms with van der Waals surface area (Å²) in [5.74, 6) is 0.769. The van der Waals surface area contributed by atoms with E-state index < -0.39 is 0 Å². The Morgan fingerprint density at radius 3 is 2.75 bits per heavy atom. The SMILES string of the molecule is CCNc1ncnc2c1nc(Br)n2Cc1ccccc1. The molecule has 102 valence electrons. The lowest BCUT2D eigenvalue weighted by atomic mass is 10.2. The van der Waals surface area contributed by atoms with Gasteiger partial charge in [-0.05, 0) is 28.4 Å². The van der Waals surface area contributed by atoms with E-state index in [1.165, 1.54) is 5.56 Å². The van der Waals surface area contributed by atoms with Crippen LogP contribution in [0.4, 0.5) is 5.82 Å². The number of benzene rings is 1. The summed E-state index contributed by atoms with van der Waals surface area (Å²) < 4.78 is 2.80. The molecule has 0 aliphatic rings. The lowest BCUT2D eigenvalue weighted by Gasteiger charge is -2.06. The van der Waals surface area contributed by atoms with Crippen LogP contribution in [0.1, 0.15) is 12.5 Å². The Hall–Kier alpha value is -1.95. The Morgan fingerprint density at radius 1 is 1.20 bits per heavy atom. The minimum atomic E-state index is 0.723. The third-order valence-electron chi connectivity index (χ3n) is 3.01. The van der Waals surface area contributed by atoms with Gasteiger partial charge in [0, 0.05) is 6.54 Å². The van der Waals surface area contributed by atoms with E-state index >= 15 is 0 Å². The normalized spacial score (nSPS) is 10.9. The van der Waals surface area contributed by atoms with Crippen molar-refractivity contribution in [2.45, 2.75) is 13.5 Å². The van der Waals surface area contributed by atoms with Crippen LogP contribution in [0.2, 0.25) is 0 Å². The quantitative estimate of drug-likeness (QED) is 0.746. The first-order valence-corrected chi connectivity index (χ1v) is 7.23. The van der Waals surface area contributed by atoms with E-state index in [-0.39, 0.29) is 0 Å². The molecule has 0 bridgehead atoms. The maximum absolute atomic E-state index is 4.52. The summed E-state index contributed by atoms with van der Waals surface area (Å²) in [4.78, 5) is 13.1. The van der Waals surface area contributed by atoms with E-state index in [0.29, 0.717) is 0 Å². The zero-order chi connectivity index (χ0) is 13.9. The van der Waals surface area contributed by atoms with Crippen molar-refractivity contribution in [2.24, 2.45) is 0 Å². The Kier molecular flexibility index (Phi) is 3.64. The summed E-state index contributed by atoms with van der Waals surface area (Å²) in [7, 11) is 0. The third-order valence-corrected chi connectivity index (χ3v) is 3.62. The lowest BCUT2D eigenvalue weighted by molar-refractivity contribution is 0.790. The fourth-order valence-electron chi connectivity index (χ4n) is 2.11. The van der Waals surface area contributed by atoms with Crippen molar-refractivity contribution in [2.75, 3.05) is 11.9 Å². The molecule has 0 aliphatic heterocycles. The van der Waals surface area contributed by atoms with E-state index in [0.717, 1.165) is 34.8 Å². The molecular formula is C14H14BrN5. The predicted octanol–water partition coefficient (Wildman–Crippen LogP) is 3.07. The first-order valence-electron chi connectivity index (χ1n) is 6.44. The van der Waals surface area contributed by atoms with Gasteiger partial charge in [-0.1, -0.05) is 30.3 Å². The molecular weight excluding hydrogens is 318 g/mol. The molecule has 2 heterocycles. The fraction of sp³-hybridized carbons (Fsp3) is 0.214. The molecule has 0 spiro atoms. The molecule has 0 unspecified atom stereocenters. The first kappa shape index (κ1) is 13.1. The molecule has 3 rings (SSSR count). The Labute approximate surface area is 125 Å². The van der Waals surface area contributed by atoms with Crippen LogP contribution in [-0.2, 0) is 6.54 Å². The molecule has 0 aliphatic carbocycles. The molecule has 0 saturated carbocycles. The average Bonchev–Trinajstić information content (AvgIpc) is 2.78. The molecule has 0 radical (unpaired) electrons. The molecule has 6 heteroatoms. The minimum absolute atomic E-state index is 0.723. The summed E-state index contributed by atoms with van der Waals surface area (Å²) in [6, 6.07) is 10.2. The van der Waals surface area contributed by atoms with Crippen LogP contribution in [0.5, 0.6) is 0 Å². The highest BCUT2D eigenvalue weighted by Gasteiger charge is 2.14. The number of aromatic nitrogens is 4. The molecule has 3 aromatic rings. The zero-order valence-electron chi connectivity index (χ0n) is 11.0. The van der Waals surface area contributed by atoms with Crippen molar-refractivity contribution in [3.63, 3.8) is 0 Å². The van der Waals surface area contributed by atoms with Gasteiger partial charge in [0.15, 0.2) is 21.7 Å². The van der Waals surface area contributed by atoms with Gasteiger partial charge in [0.1, 0.15) is 6.33 Å². The molecule has 0 fully saturated rings. The molecule has 1 N–H and O–H groups in total. The van der Waals surface area contributed by atoms with Gasteiger partial charge in [-0.25, -0.2) is 15.0 Å². The Morgan fingerprint density at radius 2 is 2.00 bits per heavy atom. The van der Waals surface area contributed by atoms with Gasteiger partial charge in [-0.2, -0.15) is 0 Å². The van der Waals surface area contributed by atoms with Crippen molar-refractivity contribution in [3.05, 3.63) is 47.0 Å². The minimum Gasteiger partial charge on any atom is -0.368 e. The second kappa shape index (κ2) is 5.58. The topological polar surface area (TPSA) is 55.6 Å². The second-order valence-corrected chi connectivity index (χ2v) is 5.09. The highest BCUT2D eigenvalue weighted by molar-refractivity contribution is 9.10. The molecule has 5 nitrogen and oxygen atoms in total. The largest absolute Gasteiger partial charge is 0.368 e. The van der Waals surface area contributed by atoms with E-state index in [9.17, 15) is 0 Å². The number of hydrogen-bond acceptors (Lipinski definition) is 4. The number of imidazole rings is 1. The Balaban J connectivity index is 2.07. The molecule has 0 amide bonds. The molecule has 0 atom stereocenters. The predicted molar refractivity (Wildman–Crippen MR) is 82.7 cm³/mol. The van der Waals surface area contributed by atoms with E-state index in [2.05, 4.69) is 48.3 Å². The van der Waals surface area contributed by atoms with Crippen LogP contribution in [0.3, 0.4) is 0 Å². The van der Waals surface area contributed by atoms with Gasteiger partial charge in [0.2, 0.25) is 0 Å². The highest BCUT2D eigenvalue weighted by Crippen LogP contribution is 2.24. The van der Waals surface area contributed by atoms with Gasteiger partial charge in [-0.3, -0.25) is 4.57 Å². The van der Waals surface area contributed by atoms with Crippen LogP contribution in [0.25, 0.3) is 11.2 Å². The number of nitrogens with one attached hydrogen (secondary N) is 1. The second-order valence-electron chi connectivity index (χ2n) is 4.38. The Bertz CT molecular complexity index is 723. The summed E-state index contributed by atoms with van der Waals surface area (Å²) >= 11 is 3.51. The van der Waals surface area contributed by atoms with Crippen LogP contribution >= 0.6 is 15.9 Å². The molecule has 2 aromatic heterocycles. The van der Waals surface area contributed by atoms with Gasteiger partial charge in [-0.15, -0.1) is 0 Å². The van der Waals surface area contributed by atoms with Crippen molar-refractivity contribution in [1.29, 1.82) is 0 Å².